The molecule has 1 saturated heterocycles. The molecule has 2 heterocycles. The molecule has 182 valence electrons. The van der Waals surface area contributed by atoms with Crippen molar-refractivity contribution in [1.82, 2.24) is 4.90 Å². The lowest BCUT2D eigenvalue weighted by Gasteiger charge is -2.40. The molecule has 2 unspecified atom stereocenters. The maximum Gasteiger partial charge on any atom is 0.238 e. The van der Waals surface area contributed by atoms with Crippen molar-refractivity contribution >= 4 is 11.0 Å². The molecule has 4 rings (SSSR count). The van der Waals surface area contributed by atoms with Crippen molar-refractivity contribution in [3.8, 4) is 40.1 Å². The van der Waals surface area contributed by atoms with Crippen LogP contribution in [0.1, 0.15) is 20.8 Å². The van der Waals surface area contributed by atoms with Gasteiger partial charge in [-0.3, -0.25) is 9.69 Å². The number of benzene rings is 2. The number of aliphatic hydroxyl groups excluding tert-OH is 1. The maximum absolute atomic E-state index is 12.7. The lowest BCUT2D eigenvalue weighted by molar-refractivity contribution is -0.138. The summed E-state index contributed by atoms with van der Waals surface area (Å²) in [7, 11) is 0. The third kappa shape index (κ3) is 4.47. The number of hydrogen-bond acceptors (Lipinski definition) is 10. The Morgan fingerprint density at radius 1 is 1.03 bits per heavy atom. The fraction of sp³-hybridized carbons (Fsp3) is 0.375. The molecule has 0 aliphatic carbocycles. The second-order valence-corrected chi connectivity index (χ2v) is 8.59. The van der Waals surface area contributed by atoms with Crippen LogP contribution in [0, 0.1) is 0 Å². The first-order valence-electron chi connectivity index (χ1n) is 10.8. The predicted molar refractivity (Wildman–Crippen MR) is 122 cm³/mol. The Balaban J connectivity index is 1.74. The number of phenols is 3. The Labute approximate surface area is 194 Å². The molecule has 1 aliphatic heterocycles. The standard InChI is InChI=1S/C24H27NO9/c1-11-9-25(10-12(2)32-11)24(13(3)26)34-18-6-14(4-5-16(18)28)23-22(31)21(30)20-17(29)7-15(27)8-19(20)33-23/h4-8,11-13,24,26-29,31H,9-10H2,1-3H3/t11-,12+,13?,24?. The van der Waals surface area contributed by atoms with E-state index in [4.69, 9.17) is 13.9 Å². The molecule has 0 bridgehead atoms. The summed E-state index contributed by atoms with van der Waals surface area (Å²) in [6.45, 7) is 6.42. The van der Waals surface area contributed by atoms with Crippen molar-refractivity contribution in [2.75, 3.05) is 13.1 Å². The summed E-state index contributed by atoms with van der Waals surface area (Å²) in [4.78, 5) is 14.6. The molecular formula is C24H27NO9. The highest BCUT2D eigenvalue weighted by Crippen LogP contribution is 2.38. The van der Waals surface area contributed by atoms with Crippen molar-refractivity contribution in [3.63, 3.8) is 0 Å². The van der Waals surface area contributed by atoms with E-state index in [1.54, 1.807) is 6.92 Å². The van der Waals surface area contributed by atoms with E-state index in [9.17, 15) is 30.3 Å². The lowest BCUT2D eigenvalue weighted by Crippen LogP contribution is -2.55. The van der Waals surface area contributed by atoms with E-state index in [-0.39, 0.29) is 51.7 Å². The summed E-state index contributed by atoms with van der Waals surface area (Å²) in [6, 6.07) is 6.18. The summed E-state index contributed by atoms with van der Waals surface area (Å²) in [5.74, 6) is -2.08. The van der Waals surface area contributed by atoms with Gasteiger partial charge in [0, 0.05) is 30.8 Å². The zero-order valence-corrected chi connectivity index (χ0v) is 18.9. The topological polar surface area (TPSA) is 153 Å². The van der Waals surface area contributed by atoms with Gasteiger partial charge in [-0.15, -0.1) is 0 Å². The van der Waals surface area contributed by atoms with Crippen LogP contribution < -0.4 is 10.2 Å². The van der Waals surface area contributed by atoms with Gasteiger partial charge < -0.3 is 39.4 Å². The normalized spacial score (nSPS) is 20.8. The van der Waals surface area contributed by atoms with Gasteiger partial charge in [0.2, 0.25) is 11.2 Å². The van der Waals surface area contributed by atoms with E-state index in [0.717, 1.165) is 12.1 Å². The van der Waals surface area contributed by atoms with Gasteiger partial charge in [0.05, 0.1) is 12.2 Å². The van der Waals surface area contributed by atoms with E-state index in [1.165, 1.54) is 18.2 Å². The molecule has 1 aliphatic rings. The number of aromatic hydroxyl groups is 4. The second kappa shape index (κ2) is 9.05. The molecule has 3 aromatic rings. The van der Waals surface area contributed by atoms with Crippen LogP contribution in [-0.2, 0) is 4.74 Å². The highest BCUT2D eigenvalue weighted by atomic mass is 16.5. The molecule has 4 atom stereocenters. The van der Waals surface area contributed by atoms with Crippen LogP contribution in [0.15, 0.2) is 39.5 Å². The molecule has 0 amide bonds. The van der Waals surface area contributed by atoms with Crippen LogP contribution in [0.5, 0.6) is 28.7 Å². The first-order chi connectivity index (χ1) is 16.0. The van der Waals surface area contributed by atoms with Crippen LogP contribution in [0.3, 0.4) is 0 Å². The van der Waals surface area contributed by atoms with Gasteiger partial charge in [0.1, 0.15) is 28.6 Å². The largest absolute Gasteiger partial charge is 0.508 e. The van der Waals surface area contributed by atoms with E-state index in [1.807, 2.05) is 18.7 Å². The monoisotopic (exact) mass is 473 g/mol. The number of fused-ring (bicyclic) bond motifs is 1. The average Bonchev–Trinajstić information content (AvgIpc) is 2.74. The average molecular weight is 473 g/mol. The Morgan fingerprint density at radius 3 is 2.35 bits per heavy atom. The van der Waals surface area contributed by atoms with Crippen LogP contribution in [0.4, 0.5) is 0 Å². The van der Waals surface area contributed by atoms with Crippen LogP contribution in [0.25, 0.3) is 22.3 Å². The molecule has 5 N–H and O–H groups in total. The lowest BCUT2D eigenvalue weighted by atomic mass is 10.1. The van der Waals surface area contributed by atoms with Crippen molar-refractivity contribution in [2.45, 2.75) is 45.3 Å². The van der Waals surface area contributed by atoms with Gasteiger partial charge in [-0.25, -0.2) is 0 Å². The van der Waals surface area contributed by atoms with Crippen LogP contribution in [-0.4, -0.2) is 68.1 Å². The van der Waals surface area contributed by atoms with E-state index in [2.05, 4.69) is 0 Å². The first kappa shape index (κ1) is 23.7. The molecule has 34 heavy (non-hydrogen) atoms. The van der Waals surface area contributed by atoms with Gasteiger partial charge in [-0.2, -0.15) is 0 Å². The van der Waals surface area contributed by atoms with Crippen molar-refractivity contribution < 1.29 is 39.4 Å². The minimum atomic E-state index is -0.918. The second-order valence-electron chi connectivity index (χ2n) is 8.59. The summed E-state index contributed by atoms with van der Waals surface area (Å²) < 4.78 is 17.4. The van der Waals surface area contributed by atoms with Crippen molar-refractivity contribution in [2.24, 2.45) is 0 Å². The zero-order chi connectivity index (χ0) is 24.7. The molecule has 0 radical (unpaired) electrons. The number of ether oxygens (including phenoxy) is 2. The van der Waals surface area contributed by atoms with Gasteiger partial charge in [0.25, 0.3) is 0 Å². The minimum absolute atomic E-state index is 0.00361. The minimum Gasteiger partial charge on any atom is -0.508 e. The number of nitrogens with zero attached hydrogens (tertiary/aromatic N) is 1. The fourth-order valence-electron chi connectivity index (χ4n) is 4.25. The summed E-state index contributed by atoms with van der Waals surface area (Å²) in [5, 5.41) is 50.8. The molecule has 1 fully saturated rings. The Kier molecular flexibility index (Phi) is 6.30. The number of phenolic OH excluding ortho intramolecular Hbond substituents is 3. The van der Waals surface area contributed by atoms with Gasteiger partial charge in [-0.05, 0) is 39.0 Å². The quantitative estimate of drug-likeness (QED) is 0.373. The molecular weight excluding hydrogens is 446 g/mol. The SMILES string of the molecule is CC(O)C(Oc1cc(-c2oc3cc(O)cc(O)c3c(=O)c2O)ccc1O)N1C[C@@H](C)O[C@@H](C)C1. The molecule has 10 nitrogen and oxygen atoms in total. The molecule has 2 aromatic carbocycles. The first-order valence-corrected chi connectivity index (χ1v) is 10.8. The highest BCUT2D eigenvalue weighted by molar-refractivity contribution is 5.88. The third-order valence-corrected chi connectivity index (χ3v) is 5.63. The summed E-state index contributed by atoms with van der Waals surface area (Å²) in [5.41, 5.74) is -0.827. The Bertz CT molecular complexity index is 1260. The maximum atomic E-state index is 12.7. The van der Waals surface area contributed by atoms with Gasteiger partial charge >= 0.3 is 0 Å². The van der Waals surface area contributed by atoms with Crippen molar-refractivity contribution in [1.29, 1.82) is 0 Å². The highest BCUT2D eigenvalue weighted by Gasteiger charge is 2.32. The molecule has 0 saturated carbocycles. The number of hydrogen-bond donors (Lipinski definition) is 5. The zero-order valence-electron chi connectivity index (χ0n) is 18.9. The van der Waals surface area contributed by atoms with Gasteiger partial charge in [-0.1, -0.05) is 0 Å². The van der Waals surface area contributed by atoms with Gasteiger partial charge in [0.15, 0.2) is 23.5 Å². The molecule has 0 spiro atoms. The predicted octanol–water partition coefficient (Wildman–Crippen LogP) is 2.48. The number of morpholine rings is 1. The molecule has 10 heteroatoms. The smallest absolute Gasteiger partial charge is 0.238 e. The summed E-state index contributed by atoms with van der Waals surface area (Å²) in [6.07, 6.45) is -1.88. The molecule has 1 aromatic heterocycles. The van der Waals surface area contributed by atoms with E-state index in [0.29, 0.717) is 13.1 Å². The summed E-state index contributed by atoms with van der Waals surface area (Å²) >= 11 is 0. The van der Waals surface area contributed by atoms with Crippen LogP contribution in [0.2, 0.25) is 0 Å². The third-order valence-electron chi connectivity index (χ3n) is 5.63. The van der Waals surface area contributed by atoms with Crippen molar-refractivity contribution in [3.05, 3.63) is 40.6 Å². The number of rotatable bonds is 5. The number of aliphatic hydroxyl groups is 1. The fourth-order valence-corrected chi connectivity index (χ4v) is 4.25. The van der Waals surface area contributed by atoms with Crippen LogP contribution >= 0.6 is 0 Å². The van der Waals surface area contributed by atoms with E-state index >= 15 is 0 Å². The Hall–Kier alpha value is -3.47. The van der Waals surface area contributed by atoms with E-state index < -0.39 is 29.3 Å². The Morgan fingerprint density at radius 2 is 1.71 bits per heavy atom.